The Kier molecular flexibility index (Phi) is 4.05. The summed E-state index contributed by atoms with van der Waals surface area (Å²) < 4.78 is 36.2. The summed E-state index contributed by atoms with van der Waals surface area (Å²) in [5.41, 5.74) is 1.27. The minimum absolute atomic E-state index is 0.240. The van der Waals surface area contributed by atoms with Crippen molar-refractivity contribution in [1.29, 1.82) is 0 Å². The number of rotatable bonds is 6. The Bertz CT molecular complexity index is 786. The van der Waals surface area contributed by atoms with Crippen molar-refractivity contribution in [2.24, 2.45) is 0 Å². The predicted octanol–water partition coefficient (Wildman–Crippen LogP) is 1.07. The quantitative estimate of drug-likeness (QED) is 0.486. The van der Waals surface area contributed by atoms with E-state index in [0.717, 1.165) is 0 Å². The Morgan fingerprint density at radius 1 is 1.30 bits per heavy atom. The van der Waals surface area contributed by atoms with Gasteiger partial charge in [0, 0.05) is 12.1 Å². The summed E-state index contributed by atoms with van der Waals surface area (Å²) in [5.74, 6) is -0.901. The van der Waals surface area contributed by atoms with Gasteiger partial charge in [-0.1, -0.05) is 0 Å². The number of fused-ring (bicyclic) bond motifs is 1. The molecular weight excluding hydrogens is 286 g/mol. The van der Waals surface area contributed by atoms with Crippen LogP contribution in [0.5, 0.6) is 0 Å². The molecule has 1 aromatic heterocycles. The van der Waals surface area contributed by atoms with Crippen LogP contribution in [0.1, 0.15) is 23.2 Å². The van der Waals surface area contributed by atoms with E-state index in [4.69, 9.17) is 8.97 Å². The van der Waals surface area contributed by atoms with E-state index < -0.39 is 15.9 Å². The zero-order valence-electron chi connectivity index (χ0n) is 10.5. The first-order chi connectivity index (χ1) is 9.40. The molecule has 1 N–H and O–H groups in total. The maximum Gasteiger partial charge on any atom is 0.419 e. The Hall–Kier alpha value is -1.93. The summed E-state index contributed by atoms with van der Waals surface area (Å²) in [7, 11) is -3.98. The maximum absolute atomic E-state index is 11.7. The number of hydrogen-bond donors (Lipinski definition) is 1. The van der Waals surface area contributed by atoms with Gasteiger partial charge in [0.2, 0.25) is 0 Å². The highest BCUT2D eigenvalue weighted by molar-refractivity contribution is 7.85. The lowest BCUT2D eigenvalue weighted by atomic mass is 10.2. The molecule has 2 aromatic rings. The summed E-state index contributed by atoms with van der Waals surface area (Å²) in [6, 6.07) is 4.64. The van der Waals surface area contributed by atoms with E-state index in [1.165, 1.54) is 10.6 Å². The van der Waals surface area contributed by atoms with Crippen LogP contribution >= 0.6 is 0 Å². The first kappa shape index (κ1) is 14.5. The molecule has 0 spiro atoms. The van der Waals surface area contributed by atoms with Crippen molar-refractivity contribution in [2.75, 3.05) is 5.75 Å². The maximum atomic E-state index is 11.7. The average Bonchev–Trinajstić information content (AvgIpc) is 2.68. The molecule has 0 bridgehead atoms. The van der Waals surface area contributed by atoms with Crippen LogP contribution in [0, 0.1) is 0 Å². The van der Waals surface area contributed by atoms with Gasteiger partial charge in [0.1, 0.15) is 6.29 Å². The van der Waals surface area contributed by atoms with Crippen molar-refractivity contribution in [3.05, 3.63) is 34.3 Å². The van der Waals surface area contributed by atoms with Crippen LogP contribution in [0.2, 0.25) is 0 Å². The standard InChI is InChI=1S/C12H13NO6S/c14-8-9-3-4-10-11(7-9)19-12(15)13(10)5-1-2-6-20(16,17)18/h3-4,7-8H,1-2,5-6H2,(H,16,17,18). The highest BCUT2D eigenvalue weighted by atomic mass is 32.2. The second-order valence-electron chi connectivity index (χ2n) is 4.36. The van der Waals surface area contributed by atoms with Gasteiger partial charge in [-0.25, -0.2) is 4.79 Å². The number of aromatic nitrogens is 1. The summed E-state index contributed by atoms with van der Waals surface area (Å²) in [6.45, 7) is 0.280. The van der Waals surface area contributed by atoms with Gasteiger partial charge in [-0.05, 0) is 31.0 Å². The van der Waals surface area contributed by atoms with Crippen molar-refractivity contribution < 1.29 is 22.2 Å². The van der Waals surface area contributed by atoms with E-state index in [9.17, 15) is 18.0 Å². The van der Waals surface area contributed by atoms with Gasteiger partial charge >= 0.3 is 5.76 Å². The lowest BCUT2D eigenvalue weighted by Gasteiger charge is -2.01. The second kappa shape index (κ2) is 5.59. The van der Waals surface area contributed by atoms with Gasteiger partial charge in [0.15, 0.2) is 5.58 Å². The van der Waals surface area contributed by atoms with E-state index in [0.29, 0.717) is 29.4 Å². The smallest absolute Gasteiger partial charge is 0.408 e. The third-order valence-electron chi connectivity index (χ3n) is 2.86. The van der Waals surface area contributed by atoms with Crippen molar-refractivity contribution in [2.45, 2.75) is 19.4 Å². The highest BCUT2D eigenvalue weighted by Gasteiger charge is 2.10. The van der Waals surface area contributed by atoms with Gasteiger partial charge in [-0.3, -0.25) is 13.9 Å². The van der Waals surface area contributed by atoms with Crippen LogP contribution < -0.4 is 5.76 Å². The fourth-order valence-electron chi connectivity index (χ4n) is 1.92. The van der Waals surface area contributed by atoms with Crippen molar-refractivity contribution in [3.8, 4) is 0 Å². The number of benzene rings is 1. The third-order valence-corrected chi connectivity index (χ3v) is 3.67. The Labute approximate surface area is 114 Å². The molecular formula is C12H13NO6S. The van der Waals surface area contributed by atoms with E-state index in [-0.39, 0.29) is 18.7 Å². The van der Waals surface area contributed by atoms with Crippen LogP contribution in [0.15, 0.2) is 27.4 Å². The van der Waals surface area contributed by atoms with Gasteiger partial charge in [0.05, 0.1) is 11.3 Å². The van der Waals surface area contributed by atoms with E-state index in [1.54, 1.807) is 12.1 Å². The number of carbonyl (C=O) groups is 1. The first-order valence-electron chi connectivity index (χ1n) is 5.94. The van der Waals surface area contributed by atoms with E-state index in [1.807, 2.05) is 0 Å². The molecule has 1 heterocycles. The fourth-order valence-corrected chi connectivity index (χ4v) is 2.49. The molecule has 0 aliphatic rings. The van der Waals surface area contributed by atoms with Crippen LogP contribution in [0.4, 0.5) is 0 Å². The van der Waals surface area contributed by atoms with Crippen LogP contribution in [0.25, 0.3) is 11.1 Å². The van der Waals surface area contributed by atoms with E-state index >= 15 is 0 Å². The summed E-state index contributed by atoms with van der Waals surface area (Å²) in [4.78, 5) is 22.3. The lowest BCUT2D eigenvalue weighted by Crippen LogP contribution is -2.15. The minimum Gasteiger partial charge on any atom is -0.408 e. The molecule has 7 nitrogen and oxygen atoms in total. The number of oxazole rings is 1. The Morgan fingerprint density at radius 2 is 2.05 bits per heavy atom. The molecule has 0 aliphatic carbocycles. The lowest BCUT2D eigenvalue weighted by molar-refractivity contribution is 0.112. The number of hydrogen-bond acceptors (Lipinski definition) is 5. The zero-order chi connectivity index (χ0) is 14.8. The third kappa shape index (κ3) is 3.34. The molecule has 0 saturated heterocycles. The Morgan fingerprint density at radius 3 is 2.70 bits per heavy atom. The number of carbonyl (C=O) groups excluding carboxylic acids is 1. The normalized spacial score (nSPS) is 11.8. The highest BCUT2D eigenvalue weighted by Crippen LogP contribution is 2.15. The van der Waals surface area contributed by atoms with Crippen molar-refractivity contribution >= 4 is 27.5 Å². The minimum atomic E-state index is -3.98. The molecule has 0 aliphatic heterocycles. The van der Waals surface area contributed by atoms with Gasteiger partial charge < -0.3 is 4.42 Å². The molecule has 108 valence electrons. The van der Waals surface area contributed by atoms with Gasteiger partial charge in [-0.15, -0.1) is 0 Å². The first-order valence-corrected chi connectivity index (χ1v) is 7.55. The molecule has 0 fully saturated rings. The second-order valence-corrected chi connectivity index (χ2v) is 5.93. The number of nitrogens with zero attached hydrogens (tertiary/aromatic N) is 1. The van der Waals surface area contributed by atoms with Crippen LogP contribution in [-0.4, -0.2) is 29.6 Å². The largest absolute Gasteiger partial charge is 0.419 e. The Balaban J connectivity index is 2.16. The molecule has 0 atom stereocenters. The van der Waals surface area contributed by atoms with Gasteiger partial charge in [-0.2, -0.15) is 8.42 Å². The molecule has 20 heavy (non-hydrogen) atoms. The zero-order valence-corrected chi connectivity index (χ0v) is 11.3. The summed E-state index contributed by atoms with van der Waals surface area (Å²) in [5, 5.41) is 0. The molecule has 1 aromatic carbocycles. The van der Waals surface area contributed by atoms with Crippen LogP contribution in [-0.2, 0) is 16.7 Å². The molecule has 0 unspecified atom stereocenters. The van der Waals surface area contributed by atoms with Crippen molar-refractivity contribution in [3.63, 3.8) is 0 Å². The summed E-state index contributed by atoms with van der Waals surface area (Å²) in [6.07, 6.45) is 1.30. The number of aldehydes is 1. The molecule has 0 radical (unpaired) electrons. The average molecular weight is 299 g/mol. The van der Waals surface area contributed by atoms with Gasteiger partial charge in [0.25, 0.3) is 10.1 Å². The SMILES string of the molecule is O=Cc1ccc2c(c1)oc(=O)n2CCCCS(=O)(=O)O. The fraction of sp³-hybridized carbons (Fsp3) is 0.333. The summed E-state index contributed by atoms with van der Waals surface area (Å²) >= 11 is 0. The van der Waals surface area contributed by atoms with Crippen LogP contribution in [0.3, 0.4) is 0 Å². The van der Waals surface area contributed by atoms with Crippen molar-refractivity contribution in [1.82, 2.24) is 4.57 Å². The molecule has 0 amide bonds. The monoisotopic (exact) mass is 299 g/mol. The molecule has 2 rings (SSSR count). The topological polar surface area (TPSA) is 107 Å². The van der Waals surface area contributed by atoms with E-state index in [2.05, 4.69) is 0 Å². The molecule has 0 saturated carbocycles. The number of unbranched alkanes of at least 4 members (excludes halogenated alkanes) is 1. The predicted molar refractivity (Wildman–Crippen MR) is 71.5 cm³/mol. The molecule has 8 heteroatoms. The number of aryl methyl sites for hydroxylation is 1.